The van der Waals surface area contributed by atoms with Crippen molar-refractivity contribution >= 4 is 5.82 Å². The minimum Gasteiger partial charge on any atom is -0.370 e. The highest BCUT2D eigenvalue weighted by Crippen LogP contribution is 2.24. The van der Waals surface area contributed by atoms with Gasteiger partial charge in [0.15, 0.2) is 11.6 Å². The van der Waals surface area contributed by atoms with Crippen molar-refractivity contribution in [1.82, 2.24) is 4.98 Å². The summed E-state index contributed by atoms with van der Waals surface area (Å²) in [6.45, 7) is 2.74. The standard InChI is InChI=1S/C14H13F3N2/c1-2-6-18-14-5-3-4-13(19-14)9-7-11(16)12(17)8-10(9)15/h3-5,7-8H,2,6H2,1H3,(H,18,19). The fourth-order valence-corrected chi connectivity index (χ4v) is 1.66. The van der Waals surface area contributed by atoms with E-state index < -0.39 is 17.5 Å². The van der Waals surface area contributed by atoms with E-state index in [1.165, 1.54) is 0 Å². The maximum Gasteiger partial charge on any atom is 0.161 e. The first-order valence-corrected chi connectivity index (χ1v) is 5.97. The summed E-state index contributed by atoms with van der Waals surface area (Å²) >= 11 is 0. The van der Waals surface area contributed by atoms with Crippen LogP contribution in [0.15, 0.2) is 30.3 Å². The average molecular weight is 266 g/mol. The van der Waals surface area contributed by atoms with Gasteiger partial charge in [0.05, 0.1) is 5.69 Å². The average Bonchev–Trinajstić information content (AvgIpc) is 2.41. The van der Waals surface area contributed by atoms with Gasteiger partial charge in [-0.05, 0) is 24.6 Å². The molecule has 0 bridgehead atoms. The predicted octanol–water partition coefficient (Wildman–Crippen LogP) is 3.99. The molecule has 0 atom stereocenters. The van der Waals surface area contributed by atoms with Crippen LogP contribution in [0, 0.1) is 17.5 Å². The summed E-state index contributed by atoms with van der Waals surface area (Å²) in [5, 5.41) is 3.05. The monoisotopic (exact) mass is 266 g/mol. The Bertz CT molecular complexity index is 585. The van der Waals surface area contributed by atoms with Gasteiger partial charge in [-0.15, -0.1) is 0 Å². The van der Waals surface area contributed by atoms with Crippen LogP contribution < -0.4 is 5.32 Å². The first kappa shape index (κ1) is 13.4. The molecule has 0 amide bonds. The van der Waals surface area contributed by atoms with Crippen molar-refractivity contribution in [2.75, 3.05) is 11.9 Å². The van der Waals surface area contributed by atoms with E-state index in [1.807, 2.05) is 6.92 Å². The summed E-state index contributed by atoms with van der Waals surface area (Å²) in [4.78, 5) is 4.17. The van der Waals surface area contributed by atoms with Crippen LogP contribution >= 0.6 is 0 Å². The zero-order chi connectivity index (χ0) is 13.8. The molecule has 1 aromatic heterocycles. The molecular weight excluding hydrogens is 253 g/mol. The molecule has 2 aromatic rings. The molecule has 1 heterocycles. The second-order valence-electron chi connectivity index (χ2n) is 4.08. The quantitative estimate of drug-likeness (QED) is 0.846. The van der Waals surface area contributed by atoms with E-state index in [0.29, 0.717) is 11.9 Å². The Balaban J connectivity index is 2.38. The van der Waals surface area contributed by atoms with E-state index in [0.717, 1.165) is 19.0 Å². The summed E-state index contributed by atoms with van der Waals surface area (Å²) in [5.41, 5.74) is 0.205. The van der Waals surface area contributed by atoms with E-state index in [9.17, 15) is 13.2 Å². The molecule has 0 saturated carbocycles. The van der Waals surface area contributed by atoms with Crippen LogP contribution in [0.3, 0.4) is 0 Å². The lowest BCUT2D eigenvalue weighted by molar-refractivity contribution is 0.496. The van der Waals surface area contributed by atoms with Crippen molar-refractivity contribution in [3.8, 4) is 11.3 Å². The van der Waals surface area contributed by atoms with E-state index in [4.69, 9.17) is 0 Å². The van der Waals surface area contributed by atoms with Crippen LogP contribution in [0.4, 0.5) is 19.0 Å². The second-order valence-corrected chi connectivity index (χ2v) is 4.08. The fourth-order valence-electron chi connectivity index (χ4n) is 1.66. The summed E-state index contributed by atoms with van der Waals surface area (Å²) < 4.78 is 39.7. The molecular formula is C14H13F3N2. The summed E-state index contributed by atoms with van der Waals surface area (Å²) in [5.74, 6) is -2.56. The zero-order valence-corrected chi connectivity index (χ0v) is 10.4. The Hall–Kier alpha value is -2.04. The van der Waals surface area contributed by atoms with Crippen LogP contribution in [0.5, 0.6) is 0 Å². The summed E-state index contributed by atoms with van der Waals surface area (Å²) in [6, 6.07) is 6.31. The van der Waals surface area contributed by atoms with Crippen LogP contribution in [-0.4, -0.2) is 11.5 Å². The van der Waals surface area contributed by atoms with E-state index in [1.54, 1.807) is 18.2 Å². The molecule has 1 aromatic carbocycles. The number of hydrogen-bond acceptors (Lipinski definition) is 2. The Kier molecular flexibility index (Phi) is 4.04. The van der Waals surface area contributed by atoms with Crippen molar-refractivity contribution in [1.29, 1.82) is 0 Å². The third-order valence-electron chi connectivity index (χ3n) is 2.59. The highest BCUT2D eigenvalue weighted by Gasteiger charge is 2.12. The number of nitrogens with zero attached hydrogens (tertiary/aromatic N) is 1. The minimum atomic E-state index is -1.21. The number of benzene rings is 1. The van der Waals surface area contributed by atoms with Gasteiger partial charge in [0, 0.05) is 18.2 Å². The number of nitrogens with one attached hydrogen (secondary N) is 1. The first-order valence-electron chi connectivity index (χ1n) is 5.97. The highest BCUT2D eigenvalue weighted by molar-refractivity contribution is 5.62. The Morgan fingerprint density at radius 2 is 1.79 bits per heavy atom. The number of anilines is 1. The summed E-state index contributed by atoms with van der Waals surface area (Å²) in [7, 11) is 0. The predicted molar refractivity (Wildman–Crippen MR) is 68.3 cm³/mol. The van der Waals surface area contributed by atoms with Gasteiger partial charge in [0.1, 0.15) is 11.6 Å². The van der Waals surface area contributed by atoms with Crippen molar-refractivity contribution in [2.45, 2.75) is 13.3 Å². The molecule has 5 heteroatoms. The van der Waals surface area contributed by atoms with Crippen molar-refractivity contribution in [3.05, 3.63) is 47.8 Å². The first-order chi connectivity index (χ1) is 9.11. The minimum absolute atomic E-state index is 0.0564. The third-order valence-corrected chi connectivity index (χ3v) is 2.59. The lowest BCUT2D eigenvalue weighted by atomic mass is 10.1. The Morgan fingerprint density at radius 3 is 2.53 bits per heavy atom. The topological polar surface area (TPSA) is 24.9 Å². The number of rotatable bonds is 4. The molecule has 2 rings (SSSR count). The number of hydrogen-bond donors (Lipinski definition) is 1. The van der Waals surface area contributed by atoms with Crippen LogP contribution in [-0.2, 0) is 0 Å². The van der Waals surface area contributed by atoms with E-state index in [2.05, 4.69) is 10.3 Å². The molecule has 0 fully saturated rings. The van der Waals surface area contributed by atoms with Gasteiger partial charge in [0.25, 0.3) is 0 Å². The van der Waals surface area contributed by atoms with Crippen LogP contribution in [0.2, 0.25) is 0 Å². The van der Waals surface area contributed by atoms with Gasteiger partial charge in [-0.2, -0.15) is 0 Å². The normalized spacial score (nSPS) is 10.5. The molecule has 2 nitrogen and oxygen atoms in total. The molecule has 1 N–H and O–H groups in total. The van der Waals surface area contributed by atoms with Crippen LogP contribution in [0.1, 0.15) is 13.3 Å². The number of halogens is 3. The zero-order valence-electron chi connectivity index (χ0n) is 10.4. The van der Waals surface area contributed by atoms with Crippen molar-refractivity contribution in [3.63, 3.8) is 0 Å². The lowest BCUT2D eigenvalue weighted by Crippen LogP contribution is -2.02. The van der Waals surface area contributed by atoms with Crippen molar-refractivity contribution in [2.24, 2.45) is 0 Å². The number of aromatic nitrogens is 1. The number of pyridine rings is 1. The summed E-state index contributed by atoms with van der Waals surface area (Å²) in [6.07, 6.45) is 0.922. The van der Waals surface area contributed by atoms with Gasteiger partial charge < -0.3 is 5.32 Å². The van der Waals surface area contributed by atoms with Gasteiger partial charge in [-0.3, -0.25) is 0 Å². The molecule has 19 heavy (non-hydrogen) atoms. The van der Waals surface area contributed by atoms with E-state index in [-0.39, 0.29) is 11.3 Å². The molecule has 0 aliphatic rings. The van der Waals surface area contributed by atoms with Gasteiger partial charge in [-0.1, -0.05) is 13.0 Å². The SMILES string of the molecule is CCCNc1cccc(-c2cc(F)c(F)cc2F)n1. The largest absolute Gasteiger partial charge is 0.370 e. The van der Waals surface area contributed by atoms with Gasteiger partial charge >= 0.3 is 0 Å². The van der Waals surface area contributed by atoms with Gasteiger partial charge in [0.2, 0.25) is 0 Å². The Labute approximate surface area is 109 Å². The Morgan fingerprint density at radius 1 is 1.05 bits per heavy atom. The van der Waals surface area contributed by atoms with Crippen LogP contribution in [0.25, 0.3) is 11.3 Å². The maximum absolute atomic E-state index is 13.6. The smallest absolute Gasteiger partial charge is 0.161 e. The lowest BCUT2D eigenvalue weighted by Gasteiger charge is -2.07. The van der Waals surface area contributed by atoms with Crippen molar-refractivity contribution < 1.29 is 13.2 Å². The molecule has 0 spiro atoms. The third kappa shape index (κ3) is 3.05. The van der Waals surface area contributed by atoms with E-state index >= 15 is 0 Å². The maximum atomic E-state index is 13.6. The van der Waals surface area contributed by atoms with Gasteiger partial charge in [-0.25, -0.2) is 18.2 Å². The molecule has 100 valence electrons. The molecule has 0 aliphatic carbocycles. The molecule has 0 aliphatic heterocycles. The fraction of sp³-hybridized carbons (Fsp3) is 0.214. The highest BCUT2D eigenvalue weighted by atomic mass is 19.2. The molecule has 0 radical (unpaired) electrons. The molecule has 0 saturated heterocycles. The second kappa shape index (κ2) is 5.73. The molecule has 0 unspecified atom stereocenters.